The Hall–Kier alpha value is -3.81. The van der Waals surface area contributed by atoms with E-state index in [-0.39, 0.29) is 11.9 Å². The number of hydrogen-bond donors (Lipinski definition) is 3. The molecule has 164 valence electrons. The molecule has 1 saturated heterocycles. The first-order valence-corrected chi connectivity index (χ1v) is 10.8. The van der Waals surface area contributed by atoms with E-state index in [0.29, 0.717) is 29.4 Å². The number of fused-ring (bicyclic) bond motifs is 1. The van der Waals surface area contributed by atoms with Gasteiger partial charge in [-0.25, -0.2) is 4.98 Å². The predicted molar refractivity (Wildman–Crippen MR) is 125 cm³/mol. The summed E-state index contributed by atoms with van der Waals surface area (Å²) in [6.45, 7) is 5.94. The van der Waals surface area contributed by atoms with Crippen LogP contribution in [0.3, 0.4) is 0 Å². The molecule has 0 bridgehead atoms. The molecule has 1 aromatic carbocycles. The van der Waals surface area contributed by atoms with Crippen LogP contribution in [0.25, 0.3) is 11.7 Å². The van der Waals surface area contributed by atoms with Crippen LogP contribution in [0, 0.1) is 0 Å². The first kappa shape index (κ1) is 20.1. The molecule has 2 aromatic heterocycles. The van der Waals surface area contributed by atoms with E-state index < -0.39 is 0 Å². The van der Waals surface area contributed by atoms with Gasteiger partial charge in [-0.2, -0.15) is 9.61 Å². The van der Waals surface area contributed by atoms with E-state index in [0.717, 1.165) is 41.4 Å². The summed E-state index contributed by atoms with van der Waals surface area (Å²) in [6, 6.07) is 10.5. The number of rotatable bonds is 7. The van der Waals surface area contributed by atoms with E-state index in [1.54, 1.807) is 17.8 Å². The highest BCUT2D eigenvalue weighted by Crippen LogP contribution is 2.29. The van der Waals surface area contributed by atoms with Crippen molar-refractivity contribution >= 4 is 29.3 Å². The largest absolute Gasteiger partial charge is 0.497 e. The van der Waals surface area contributed by atoms with Crippen molar-refractivity contribution in [2.75, 3.05) is 17.7 Å². The lowest BCUT2D eigenvalue weighted by atomic mass is 10.1. The normalized spacial score (nSPS) is 18.1. The lowest BCUT2D eigenvalue weighted by molar-refractivity contribution is -0.115. The van der Waals surface area contributed by atoms with E-state index in [4.69, 9.17) is 9.72 Å². The van der Waals surface area contributed by atoms with Crippen LogP contribution >= 0.6 is 0 Å². The Morgan fingerprint density at radius 3 is 2.75 bits per heavy atom. The zero-order valence-corrected chi connectivity index (χ0v) is 18.2. The SMILES string of the molecule is C=C1C/C(=C\c2cnn3c(NC4CC4)cc(N[C@@H](C)c4ccc(OC)cc4)nc23)C(=O)N1. The van der Waals surface area contributed by atoms with E-state index in [1.165, 1.54) is 0 Å². The van der Waals surface area contributed by atoms with E-state index in [2.05, 4.69) is 34.6 Å². The molecule has 3 N–H and O–H groups in total. The van der Waals surface area contributed by atoms with Crippen LogP contribution in [0.5, 0.6) is 5.75 Å². The molecule has 1 aliphatic carbocycles. The molecule has 32 heavy (non-hydrogen) atoms. The van der Waals surface area contributed by atoms with Gasteiger partial charge in [0.1, 0.15) is 17.4 Å². The van der Waals surface area contributed by atoms with Gasteiger partial charge in [0.25, 0.3) is 5.91 Å². The van der Waals surface area contributed by atoms with Crippen molar-refractivity contribution in [1.29, 1.82) is 0 Å². The van der Waals surface area contributed by atoms with Crippen LogP contribution in [0.1, 0.15) is 43.4 Å². The number of amides is 1. The fourth-order valence-electron chi connectivity index (χ4n) is 3.79. The van der Waals surface area contributed by atoms with Crippen molar-refractivity contribution in [3.63, 3.8) is 0 Å². The van der Waals surface area contributed by atoms with Crippen LogP contribution in [0.15, 0.2) is 54.4 Å². The molecular weight excluding hydrogens is 404 g/mol. The number of carbonyl (C=O) groups excluding carboxylic acids is 1. The van der Waals surface area contributed by atoms with Gasteiger partial charge >= 0.3 is 0 Å². The number of nitrogens with one attached hydrogen (secondary N) is 3. The number of aromatic nitrogens is 3. The molecule has 2 aliphatic rings. The Balaban J connectivity index is 1.49. The van der Waals surface area contributed by atoms with Gasteiger partial charge in [-0.05, 0) is 43.5 Å². The van der Waals surface area contributed by atoms with Gasteiger partial charge in [0.15, 0.2) is 5.65 Å². The molecule has 1 aliphatic heterocycles. The number of anilines is 2. The summed E-state index contributed by atoms with van der Waals surface area (Å²) in [4.78, 5) is 17.0. The van der Waals surface area contributed by atoms with Crippen molar-refractivity contribution in [3.05, 3.63) is 65.5 Å². The second kappa shape index (κ2) is 8.03. The molecule has 0 spiro atoms. The third kappa shape index (κ3) is 4.03. The summed E-state index contributed by atoms with van der Waals surface area (Å²) < 4.78 is 7.06. The Morgan fingerprint density at radius 2 is 2.09 bits per heavy atom. The van der Waals surface area contributed by atoms with Gasteiger partial charge in [-0.1, -0.05) is 18.7 Å². The van der Waals surface area contributed by atoms with Gasteiger partial charge in [0.2, 0.25) is 0 Å². The molecule has 8 heteroatoms. The zero-order chi connectivity index (χ0) is 22.2. The maximum atomic E-state index is 12.2. The highest BCUT2D eigenvalue weighted by Gasteiger charge is 2.24. The first-order chi connectivity index (χ1) is 15.5. The number of hydrogen-bond acceptors (Lipinski definition) is 6. The summed E-state index contributed by atoms with van der Waals surface area (Å²) in [5.41, 5.74) is 3.98. The fraction of sp³-hybridized carbons (Fsp3) is 0.292. The number of methoxy groups -OCH3 is 1. The lowest BCUT2D eigenvalue weighted by Crippen LogP contribution is -2.13. The molecule has 8 nitrogen and oxygen atoms in total. The van der Waals surface area contributed by atoms with Gasteiger partial charge in [-0.15, -0.1) is 0 Å². The maximum absolute atomic E-state index is 12.2. The summed E-state index contributed by atoms with van der Waals surface area (Å²) in [5.74, 6) is 2.33. The van der Waals surface area contributed by atoms with Gasteiger partial charge in [0, 0.05) is 41.4 Å². The molecular formula is C24H26N6O2. The maximum Gasteiger partial charge on any atom is 0.251 e. The number of nitrogens with zero attached hydrogens (tertiary/aromatic N) is 3. The molecule has 0 unspecified atom stereocenters. The average Bonchev–Trinajstić information content (AvgIpc) is 3.42. The second-order valence-electron chi connectivity index (χ2n) is 8.32. The van der Waals surface area contributed by atoms with E-state index in [1.807, 2.05) is 36.4 Å². The van der Waals surface area contributed by atoms with E-state index in [9.17, 15) is 4.79 Å². The Bertz CT molecular complexity index is 1220. The minimum absolute atomic E-state index is 0.0401. The van der Waals surface area contributed by atoms with Crippen molar-refractivity contribution in [3.8, 4) is 5.75 Å². The second-order valence-corrected chi connectivity index (χ2v) is 8.32. The van der Waals surface area contributed by atoms with Gasteiger partial charge in [-0.3, -0.25) is 4.79 Å². The third-order valence-corrected chi connectivity index (χ3v) is 5.72. The molecule has 3 heterocycles. The molecule has 5 rings (SSSR count). The minimum atomic E-state index is -0.118. The number of carbonyl (C=O) groups is 1. The highest BCUT2D eigenvalue weighted by molar-refractivity contribution is 6.02. The quantitative estimate of drug-likeness (QED) is 0.493. The molecule has 1 amide bonds. The van der Waals surface area contributed by atoms with Crippen molar-refractivity contribution in [1.82, 2.24) is 19.9 Å². The summed E-state index contributed by atoms with van der Waals surface area (Å²) in [7, 11) is 1.66. The number of benzene rings is 1. The number of allylic oxidation sites excluding steroid dienone is 1. The van der Waals surface area contributed by atoms with Crippen LogP contribution in [-0.2, 0) is 4.79 Å². The standard InChI is InChI=1S/C24H26N6O2/c1-14-10-17(24(31)26-14)11-18-13-25-30-22(28-19-6-7-19)12-21(29-23(18)30)27-15(2)16-4-8-20(32-3)9-5-16/h4-5,8-9,11-13,15,19,28H,1,6-7,10H2,2-3H3,(H,26,31)(H,27,29)/b17-11+/t15-/m0/s1. The minimum Gasteiger partial charge on any atom is -0.497 e. The summed E-state index contributed by atoms with van der Waals surface area (Å²) >= 11 is 0. The average molecular weight is 431 g/mol. The highest BCUT2D eigenvalue weighted by atomic mass is 16.5. The zero-order valence-electron chi connectivity index (χ0n) is 18.2. The van der Waals surface area contributed by atoms with Crippen LogP contribution in [0.4, 0.5) is 11.6 Å². The van der Waals surface area contributed by atoms with Gasteiger partial charge in [0.05, 0.1) is 13.3 Å². The molecule has 2 fully saturated rings. The monoisotopic (exact) mass is 430 g/mol. The molecule has 0 radical (unpaired) electrons. The van der Waals surface area contributed by atoms with Crippen molar-refractivity contribution in [2.45, 2.75) is 38.3 Å². The Morgan fingerprint density at radius 1 is 1.31 bits per heavy atom. The third-order valence-electron chi connectivity index (χ3n) is 5.72. The Kier molecular flexibility index (Phi) is 5.05. The lowest BCUT2D eigenvalue weighted by Gasteiger charge is -2.17. The van der Waals surface area contributed by atoms with E-state index >= 15 is 0 Å². The first-order valence-electron chi connectivity index (χ1n) is 10.8. The number of ether oxygens (including phenoxy) is 1. The van der Waals surface area contributed by atoms with Gasteiger partial charge < -0.3 is 20.7 Å². The summed E-state index contributed by atoms with van der Waals surface area (Å²) in [5, 5.41) is 14.3. The predicted octanol–water partition coefficient (Wildman–Crippen LogP) is 3.90. The topological polar surface area (TPSA) is 92.6 Å². The molecule has 1 atom stereocenters. The smallest absolute Gasteiger partial charge is 0.251 e. The van der Waals surface area contributed by atoms with Crippen molar-refractivity contribution in [2.24, 2.45) is 0 Å². The Labute approximate surface area is 186 Å². The van der Waals surface area contributed by atoms with Crippen LogP contribution in [-0.4, -0.2) is 33.7 Å². The summed E-state index contributed by atoms with van der Waals surface area (Å²) in [6.07, 6.45) is 6.40. The van der Waals surface area contributed by atoms with Crippen LogP contribution < -0.4 is 20.7 Å². The van der Waals surface area contributed by atoms with Crippen LogP contribution in [0.2, 0.25) is 0 Å². The van der Waals surface area contributed by atoms with Crippen molar-refractivity contribution < 1.29 is 9.53 Å². The molecule has 3 aromatic rings. The molecule has 1 saturated carbocycles. The fourth-order valence-corrected chi connectivity index (χ4v) is 3.79.